The van der Waals surface area contributed by atoms with Gasteiger partial charge in [0.15, 0.2) is 11.6 Å². The third kappa shape index (κ3) is 5.57. The highest BCUT2D eigenvalue weighted by Crippen LogP contribution is 2.16. The van der Waals surface area contributed by atoms with Gasteiger partial charge in [0.05, 0.1) is 12.5 Å². The lowest BCUT2D eigenvalue weighted by Gasteiger charge is -2.34. The maximum absolute atomic E-state index is 13.6. The Morgan fingerprint density at radius 3 is 2.66 bits per heavy atom. The number of benzene rings is 2. The number of rotatable bonds is 7. The minimum Gasteiger partial charge on any atom is -0.356 e. The van der Waals surface area contributed by atoms with Crippen molar-refractivity contribution in [2.75, 3.05) is 19.6 Å². The van der Waals surface area contributed by atoms with Crippen molar-refractivity contribution in [3.8, 4) is 0 Å². The van der Waals surface area contributed by atoms with Crippen LogP contribution in [-0.4, -0.2) is 42.4 Å². The topological polar surface area (TPSA) is 61.4 Å². The first kappa shape index (κ1) is 20.9. The molecule has 0 spiro atoms. The van der Waals surface area contributed by atoms with Crippen molar-refractivity contribution >= 4 is 11.8 Å². The number of halogens is 3. The lowest BCUT2D eigenvalue weighted by atomic mass is 10.1. The van der Waals surface area contributed by atoms with Crippen molar-refractivity contribution in [3.05, 3.63) is 71.0 Å². The SMILES string of the molecule is O=C(CC1C(=O)NCCN1Cc1ccc(F)c(F)c1)NCCc1ccccc1F. The Labute approximate surface area is 166 Å². The molecule has 1 aliphatic rings. The first-order valence-corrected chi connectivity index (χ1v) is 9.40. The second-order valence-electron chi connectivity index (χ2n) is 6.92. The summed E-state index contributed by atoms with van der Waals surface area (Å²) in [5, 5.41) is 5.42. The highest BCUT2D eigenvalue weighted by atomic mass is 19.2. The van der Waals surface area contributed by atoms with E-state index in [2.05, 4.69) is 10.6 Å². The number of carbonyl (C=O) groups excluding carboxylic acids is 2. The van der Waals surface area contributed by atoms with Gasteiger partial charge in [-0.05, 0) is 35.7 Å². The van der Waals surface area contributed by atoms with Crippen molar-refractivity contribution in [1.82, 2.24) is 15.5 Å². The van der Waals surface area contributed by atoms with E-state index in [1.165, 1.54) is 12.1 Å². The van der Waals surface area contributed by atoms with E-state index in [1.54, 1.807) is 23.1 Å². The fourth-order valence-corrected chi connectivity index (χ4v) is 3.33. The molecule has 8 heteroatoms. The normalized spacial score (nSPS) is 17.1. The van der Waals surface area contributed by atoms with Crippen LogP contribution in [-0.2, 0) is 22.6 Å². The van der Waals surface area contributed by atoms with Crippen LogP contribution in [0.25, 0.3) is 0 Å². The van der Waals surface area contributed by atoms with E-state index in [0.29, 0.717) is 30.6 Å². The Hall–Kier alpha value is -2.87. The monoisotopic (exact) mass is 405 g/mol. The van der Waals surface area contributed by atoms with E-state index in [1.807, 2.05) is 0 Å². The van der Waals surface area contributed by atoms with Crippen molar-refractivity contribution in [2.24, 2.45) is 0 Å². The van der Waals surface area contributed by atoms with Gasteiger partial charge in [-0.1, -0.05) is 24.3 Å². The molecule has 1 unspecified atom stereocenters. The molecule has 5 nitrogen and oxygen atoms in total. The molecule has 0 aliphatic carbocycles. The average Bonchev–Trinajstić information content (AvgIpc) is 2.69. The second kappa shape index (κ2) is 9.56. The number of nitrogens with zero attached hydrogens (tertiary/aromatic N) is 1. The summed E-state index contributed by atoms with van der Waals surface area (Å²) in [5.41, 5.74) is 1.02. The molecule has 2 aromatic rings. The number of nitrogens with one attached hydrogen (secondary N) is 2. The van der Waals surface area contributed by atoms with Gasteiger partial charge in [-0.2, -0.15) is 0 Å². The third-order valence-electron chi connectivity index (χ3n) is 4.86. The highest BCUT2D eigenvalue weighted by Gasteiger charge is 2.31. The van der Waals surface area contributed by atoms with E-state index in [4.69, 9.17) is 0 Å². The number of hydrogen-bond donors (Lipinski definition) is 2. The molecule has 0 aromatic heterocycles. The van der Waals surface area contributed by atoms with Crippen LogP contribution in [0.1, 0.15) is 17.5 Å². The molecular formula is C21H22F3N3O2. The predicted octanol–water partition coefficient (Wildman–Crippen LogP) is 2.15. The zero-order valence-electron chi connectivity index (χ0n) is 15.8. The van der Waals surface area contributed by atoms with Gasteiger partial charge >= 0.3 is 0 Å². The van der Waals surface area contributed by atoms with E-state index in [0.717, 1.165) is 12.1 Å². The minimum absolute atomic E-state index is 0.0766. The molecule has 0 radical (unpaired) electrons. The molecular weight excluding hydrogens is 383 g/mol. The average molecular weight is 405 g/mol. The summed E-state index contributed by atoms with van der Waals surface area (Å²) < 4.78 is 40.2. The van der Waals surface area contributed by atoms with E-state index in [9.17, 15) is 22.8 Å². The molecule has 1 saturated heterocycles. The zero-order chi connectivity index (χ0) is 20.8. The summed E-state index contributed by atoms with van der Waals surface area (Å²) in [6.45, 7) is 1.36. The van der Waals surface area contributed by atoms with Crippen LogP contribution in [0, 0.1) is 17.5 Å². The molecule has 2 N–H and O–H groups in total. The summed E-state index contributed by atoms with van der Waals surface area (Å²) in [6.07, 6.45) is 0.265. The highest BCUT2D eigenvalue weighted by molar-refractivity contribution is 5.88. The van der Waals surface area contributed by atoms with E-state index in [-0.39, 0.29) is 37.1 Å². The third-order valence-corrected chi connectivity index (χ3v) is 4.86. The van der Waals surface area contributed by atoms with Crippen LogP contribution >= 0.6 is 0 Å². The van der Waals surface area contributed by atoms with Gasteiger partial charge in [-0.15, -0.1) is 0 Å². The number of piperazine rings is 1. The molecule has 154 valence electrons. The molecule has 1 heterocycles. The molecule has 0 saturated carbocycles. The first-order chi connectivity index (χ1) is 13.9. The quantitative estimate of drug-likeness (QED) is 0.742. The summed E-state index contributed by atoms with van der Waals surface area (Å²) in [6, 6.07) is 9.21. The molecule has 3 rings (SSSR count). The zero-order valence-corrected chi connectivity index (χ0v) is 15.8. The van der Waals surface area contributed by atoms with Crippen LogP contribution in [0.4, 0.5) is 13.2 Å². The fourth-order valence-electron chi connectivity index (χ4n) is 3.33. The summed E-state index contributed by atoms with van der Waals surface area (Å²) in [5.74, 6) is -2.84. The standard InChI is InChI=1S/C21H22F3N3O2/c22-16-4-2-1-3-15(16)7-8-25-20(28)12-19-21(29)26-9-10-27(19)13-14-5-6-17(23)18(24)11-14/h1-6,11,19H,7-10,12-13H2,(H,25,28)(H,26,29). The Bertz CT molecular complexity index is 891. The Balaban J connectivity index is 1.57. The fraction of sp³-hybridized carbons (Fsp3) is 0.333. The number of amides is 2. The van der Waals surface area contributed by atoms with Crippen LogP contribution < -0.4 is 10.6 Å². The molecule has 1 atom stereocenters. The largest absolute Gasteiger partial charge is 0.356 e. The van der Waals surface area contributed by atoms with Gasteiger partial charge in [0, 0.05) is 26.2 Å². The molecule has 29 heavy (non-hydrogen) atoms. The van der Waals surface area contributed by atoms with E-state index < -0.39 is 17.7 Å². The van der Waals surface area contributed by atoms with Gasteiger partial charge in [-0.3, -0.25) is 14.5 Å². The van der Waals surface area contributed by atoms with Crippen molar-refractivity contribution in [2.45, 2.75) is 25.4 Å². The maximum Gasteiger partial charge on any atom is 0.237 e. The van der Waals surface area contributed by atoms with Gasteiger partial charge in [0.25, 0.3) is 0 Å². The van der Waals surface area contributed by atoms with Crippen LogP contribution in [0.2, 0.25) is 0 Å². The maximum atomic E-state index is 13.6. The Morgan fingerprint density at radius 2 is 1.90 bits per heavy atom. The molecule has 1 fully saturated rings. The second-order valence-corrected chi connectivity index (χ2v) is 6.92. The number of carbonyl (C=O) groups is 2. The minimum atomic E-state index is -0.952. The number of hydrogen-bond acceptors (Lipinski definition) is 3. The summed E-state index contributed by atoms with van der Waals surface area (Å²) >= 11 is 0. The smallest absolute Gasteiger partial charge is 0.237 e. The lowest BCUT2D eigenvalue weighted by molar-refractivity contribution is -0.134. The van der Waals surface area contributed by atoms with Crippen LogP contribution in [0.5, 0.6) is 0 Å². The molecule has 1 aliphatic heterocycles. The Morgan fingerprint density at radius 1 is 1.10 bits per heavy atom. The molecule has 2 amide bonds. The van der Waals surface area contributed by atoms with Gasteiger partial charge < -0.3 is 10.6 Å². The van der Waals surface area contributed by atoms with Crippen LogP contribution in [0.15, 0.2) is 42.5 Å². The Kier molecular flexibility index (Phi) is 6.87. The summed E-state index contributed by atoms with van der Waals surface area (Å²) in [4.78, 5) is 26.3. The van der Waals surface area contributed by atoms with E-state index >= 15 is 0 Å². The van der Waals surface area contributed by atoms with Gasteiger partial charge in [0.1, 0.15) is 5.82 Å². The van der Waals surface area contributed by atoms with Gasteiger partial charge in [-0.25, -0.2) is 13.2 Å². The van der Waals surface area contributed by atoms with Crippen molar-refractivity contribution in [3.63, 3.8) is 0 Å². The molecule has 0 bridgehead atoms. The van der Waals surface area contributed by atoms with Crippen molar-refractivity contribution < 1.29 is 22.8 Å². The predicted molar refractivity (Wildman–Crippen MR) is 101 cm³/mol. The lowest BCUT2D eigenvalue weighted by Crippen LogP contribution is -2.56. The van der Waals surface area contributed by atoms with Crippen molar-refractivity contribution in [1.29, 1.82) is 0 Å². The summed E-state index contributed by atoms with van der Waals surface area (Å²) in [7, 11) is 0. The molecule has 2 aromatic carbocycles. The first-order valence-electron chi connectivity index (χ1n) is 9.40. The van der Waals surface area contributed by atoms with Crippen LogP contribution in [0.3, 0.4) is 0 Å². The van der Waals surface area contributed by atoms with Gasteiger partial charge in [0.2, 0.25) is 11.8 Å².